The van der Waals surface area contributed by atoms with E-state index in [-0.39, 0.29) is 38.6 Å². The van der Waals surface area contributed by atoms with E-state index in [2.05, 4.69) is 5.32 Å². The largest absolute Gasteiger partial charge is 0.370 e. The van der Waals surface area contributed by atoms with Gasteiger partial charge in [-0.15, -0.1) is 0 Å². The number of fused-ring (bicyclic) bond motifs is 2. The molecule has 1 amide bonds. The summed E-state index contributed by atoms with van der Waals surface area (Å²) in [5.41, 5.74) is -0.516. The van der Waals surface area contributed by atoms with Crippen molar-refractivity contribution in [1.82, 2.24) is 0 Å². The van der Waals surface area contributed by atoms with Gasteiger partial charge in [0, 0.05) is 23.4 Å². The number of epoxide rings is 1. The van der Waals surface area contributed by atoms with Crippen LogP contribution in [0.2, 0.25) is 5.02 Å². The van der Waals surface area contributed by atoms with Crippen LogP contribution in [0.3, 0.4) is 0 Å². The molecule has 2 aromatic rings. The highest BCUT2D eigenvalue weighted by Gasteiger charge is 2.60. The van der Waals surface area contributed by atoms with Gasteiger partial charge >= 0.3 is 0 Å². The molecule has 32 heavy (non-hydrogen) atoms. The molecule has 2 bridgehead atoms. The van der Waals surface area contributed by atoms with Crippen LogP contribution in [0.1, 0.15) is 36.0 Å². The molecule has 1 aliphatic heterocycles. The molecule has 5 nitrogen and oxygen atoms in total. The second-order valence-electron chi connectivity index (χ2n) is 8.84. The molecule has 3 fully saturated rings. The molecule has 5 rings (SSSR count). The molecule has 1 unspecified atom stereocenters. The first-order valence-corrected chi connectivity index (χ1v) is 12.2. The molecule has 2 saturated carbocycles. The molecule has 0 aromatic heterocycles. The lowest BCUT2D eigenvalue weighted by Gasteiger charge is -2.33. The van der Waals surface area contributed by atoms with Gasteiger partial charge in [-0.3, -0.25) is 4.79 Å². The minimum absolute atomic E-state index is 0.00257. The highest BCUT2D eigenvalue weighted by molar-refractivity contribution is 7.92. The Balaban J connectivity index is 1.43. The quantitative estimate of drug-likeness (QED) is 0.501. The topological polar surface area (TPSA) is 75.8 Å². The van der Waals surface area contributed by atoms with E-state index in [4.69, 9.17) is 16.3 Å². The first kappa shape index (κ1) is 21.7. The van der Waals surface area contributed by atoms with Gasteiger partial charge in [0.15, 0.2) is 27.3 Å². The van der Waals surface area contributed by atoms with Gasteiger partial charge in [-0.2, -0.15) is 0 Å². The standard InChI is InChI=1S/C22H19ClF3NO4S/c23-15-4-3-11(21(28)27-14-6-16(24)19(26)17(25)7-14)5-18(15)32(29,30)20-12-1-2-13(20)9-22(8-12)10-31-22/h3-7,12-13,20H,1-2,8-10H2,(H,27,28)/t12-,13?,20+,22+/m0/s1. The lowest BCUT2D eigenvalue weighted by Crippen LogP contribution is -2.40. The van der Waals surface area contributed by atoms with Gasteiger partial charge in [-0.05, 0) is 55.7 Å². The fourth-order valence-electron chi connectivity index (χ4n) is 5.30. The minimum Gasteiger partial charge on any atom is -0.370 e. The fourth-order valence-corrected chi connectivity index (χ4v) is 8.14. The molecule has 1 N–H and O–H groups in total. The third-order valence-electron chi connectivity index (χ3n) is 6.76. The van der Waals surface area contributed by atoms with Crippen LogP contribution < -0.4 is 5.32 Å². The number of halogens is 4. The zero-order chi connectivity index (χ0) is 22.8. The Labute approximate surface area is 187 Å². The number of rotatable bonds is 4. The van der Waals surface area contributed by atoms with Crippen molar-refractivity contribution in [3.8, 4) is 0 Å². The van der Waals surface area contributed by atoms with Gasteiger partial charge in [-0.25, -0.2) is 21.6 Å². The summed E-state index contributed by atoms with van der Waals surface area (Å²) < 4.78 is 72.7. The summed E-state index contributed by atoms with van der Waals surface area (Å²) in [6, 6.07) is 5.08. The van der Waals surface area contributed by atoms with Gasteiger partial charge in [-0.1, -0.05) is 11.6 Å². The molecule has 4 atom stereocenters. The number of hydrogen-bond acceptors (Lipinski definition) is 4. The first-order chi connectivity index (χ1) is 15.1. The molecule has 1 heterocycles. The number of ether oxygens (including phenoxy) is 1. The molecule has 2 aromatic carbocycles. The molecule has 1 saturated heterocycles. The lowest BCUT2D eigenvalue weighted by molar-refractivity contribution is 0.102. The number of benzene rings is 2. The Morgan fingerprint density at radius 2 is 1.66 bits per heavy atom. The highest BCUT2D eigenvalue weighted by atomic mass is 35.5. The van der Waals surface area contributed by atoms with Gasteiger partial charge in [0.1, 0.15) is 0 Å². The number of nitrogens with one attached hydrogen (secondary N) is 1. The van der Waals surface area contributed by atoms with Crippen molar-refractivity contribution in [2.45, 2.75) is 41.4 Å². The van der Waals surface area contributed by atoms with Gasteiger partial charge in [0.25, 0.3) is 5.91 Å². The third kappa shape index (κ3) is 3.60. The Morgan fingerprint density at radius 1 is 1.06 bits per heavy atom. The van der Waals surface area contributed by atoms with Crippen LogP contribution in [0.15, 0.2) is 35.2 Å². The van der Waals surface area contributed by atoms with Crippen LogP contribution in [0.4, 0.5) is 18.9 Å². The number of hydrogen-bond donors (Lipinski definition) is 1. The van der Waals surface area contributed by atoms with E-state index in [1.54, 1.807) is 0 Å². The number of anilines is 1. The van der Waals surface area contributed by atoms with Crippen molar-refractivity contribution in [2.75, 3.05) is 11.9 Å². The second-order valence-corrected chi connectivity index (χ2v) is 11.3. The summed E-state index contributed by atoms with van der Waals surface area (Å²) in [4.78, 5) is 12.5. The molecular weight excluding hydrogens is 467 g/mol. The number of sulfone groups is 1. The van der Waals surface area contributed by atoms with Crippen molar-refractivity contribution in [2.24, 2.45) is 11.8 Å². The fraction of sp³-hybridized carbons (Fsp3) is 0.409. The first-order valence-electron chi connectivity index (χ1n) is 10.2. The third-order valence-corrected chi connectivity index (χ3v) is 9.64. The average molecular weight is 486 g/mol. The monoisotopic (exact) mass is 485 g/mol. The summed E-state index contributed by atoms with van der Waals surface area (Å²) >= 11 is 6.23. The summed E-state index contributed by atoms with van der Waals surface area (Å²) in [6.07, 6.45) is 3.01. The summed E-state index contributed by atoms with van der Waals surface area (Å²) in [6.45, 7) is 0.674. The van der Waals surface area contributed by atoms with Crippen LogP contribution in [-0.2, 0) is 14.6 Å². The van der Waals surface area contributed by atoms with Crippen molar-refractivity contribution in [3.63, 3.8) is 0 Å². The smallest absolute Gasteiger partial charge is 0.255 e. The van der Waals surface area contributed by atoms with Crippen LogP contribution in [0.25, 0.3) is 0 Å². The van der Waals surface area contributed by atoms with Crippen LogP contribution in [0.5, 0.6) is 0 Å². The maximum absolute atomic E-state index is 13.6. The Bertz CT molecular complexity index is 1190. The SMILES string of the molecule is O=C(Nc1cc(F)c(F)c(F)c1)c1ccc(Cl)c(S(=O)(=O)[C@H]2C3CC[C@H]2C[C@]2(CO2)C3)c1. The van der Waals surface area contributed by atoms with Crippen LogP contribution in [-0.4, -0.2) is 31.8 Å². The Hall–Kier alpha value is -2.10. The van der Waals surface area contributed by atoms with Crippen molar-refractivity contribution in [1.29, 1.82) is 0 Å². The second kappa shape index (κ2) is 7.46. The Kier molecular flexibility index (Phi) is 5.07. The number of carbonyl (C=O) groups excluding carboxylic acids is 1. The highest BCUT2D eigenvalue weighted by Crippen LogP contribution is 2.56. The molecule has 1 spiro atoms. The van der Waals surface area contributed by atoms with E-state index in [1.165, 1.54) is 18.2 Å². The maximum atomic E-state index is 13.6. The minimum atomic E-state index is -3.84. The summed E-state index contributed by atoms with van der Waals surface area (Å²) in [7, 11) is -3.84. The molecule has 170 valence electrons. The van der Waals surface area contributed by atoms with Crippen molar-refractivity contribution < 1.29 is 31.1 Å². The number of carbonyl (C=O) groups is 1. The van der Waals surface area contributed by atoms with E-state index in [1.807, 2.05) is 0 Å². The van der Waals surface area contributed by atoms with Crippen molar-refractivity contribution in [3.05, 3.63) is 58.4 Å². The maximum Gasteiger partial charge on any atom is 0.255 e. The summed E-state index contributed by atoms with van der Waals surface area (Å²) in [5.74, 6) is -5.42. The van der Waals surface area contributed by atoms with E-state index >= 15 is 0 Å². The zero-order valence-corrected chi connectivity index (χ0v) is 18.3. The Morgan fingerprint density at radius 3 is 2.22 bits per heavy atom. The predicted octanol–water partition coefficient (Wildman–Crippen LogP) is 4.74. The molecular formula is C22H19ClF3NO4S. The van der Waals surface area contributed by atoms with E-state index in [0.717, 1.165) is 12.8 Å². The van der Waals surface area contributed by atoms with E-state index in [9.17, 15) is 26.4 Å². The molecule has 10 heteroatoms. The summed E-state index contributed by atoms with van der Waals surface area (Å²) in [5, 5.41) is 1.67. The van der Waals surface area contributed by atoms with Gasteiger partial charge < -0.3 is 10.1 Å². The van der Waals surface area contributed by atoms with Gasteiger partial charge in [0.2, 0.25) is 0 Å². The number of amides is 1. The molecule has 2 aliphatic carbocycles. The zero-order valence-electron chi connectivity index (χ0n) is 16.7. The average Bonchev–Trinajstić information content (AvgIpc) is 3.40. The van der Waals surface area contributed by atoms with Crippen molar-refractivity contribution >= 4 is 33.0 Å². The normalized spacial score (nSPS) is 28.7. The van der Waals surface area contributed by atoms with Crippen LogP contribution in [0, 0.1) is 29.3 Å². The lowest BCUT2D eigenvalue weighted by atomic mass is 9.81. The van der Waals surface area contributed by atoms with E-state index < -0.39 is 38.4 Å². The predicted molar refractivity (Wildman–Crippen MR) is 111 cm³/mol. The molecule has 3 aliphatic rings. The van der Waals surface area contributed by atoms with E-state index in [0.29, 0.717) is 31.6 Å². The molecule has 0 radical (unpaired) electrons. The van der Waals surface area contributed by atoms with Gasteiger partial charge in [0.05, 0.1) is 27.4 Å². The van der Waals surface area contributed by atoms with Crippen LogP contribution >= 0.6 is 11.6 Å².